The van der Waals surface area contributed by atoms with E-state index in [2.05, 4.69) is 50.4 Å². The van der Waals surface area contributed by atoms with Crippen LogP contribution in [0.3, 0.4) is 0 Å². The fourth-order valence-electron chi connectivity index (χ4n) is 3.00. The molecule has 0 saturated heterocycles. The van der Waals surface area contributed by atoms with Gasteiger partial charge in [-0.15, -0.1) is 0 Å². The number of aryl methyl sites for hydroxylation is 1. The fourth-order valence-corrected chi connectivity index (χ4v) is 3.00. The zero-order valence-electron chi connectivity index (χ0n) is 11.9. The van der Waals surface area contributed by atoms with Crippen molar-refractivity contribution in [2.45, 2.75) is 45.6 Å². The second kappa shape index (κ2) is 5.31. The van der Waals surface area contributed by atoms with E-state index in [1.165, 1.54) is 30.5 Å². The Morgan fingerprint density at radius 2 is 1.89 bits per heavy atom. The Morgan fingerprint density at radius 1 is 1.22 bits per heavy atom. The van der Waals surface area contributed by atoms with E-state index in [1.807, 2.05) is 0 Å². The molecule has 0 heterocycles. The predicted octanol–water partition coefficient (Wildman–Crippen LogP) is 3.56. The first kappa shape index (κ1) is 13.4. The lowest BCUT2D eigenvalue weighted by Crippen LogP contribution is -2.50. The van der Waals surface area contributed by atoms with E-state index in [0.717, 1.165) is 18.4 Å². The lowest BCUT2D eigenvalue weighted by molar-refractivity contribution is 0.196. The highest BCUT2D eigenvalue weighted by Crippen LogP contribution is 2.37. The molecule has 0 amide bonds. The molecule has 0 radical (unpaired) electrons. The second-order valence-electron chi connectivity index (χ2n) is 6.17. The summed E-state index contributed by atoms with van der Waals surface area (Å²) in [6.07, 6.45) is 3.64. The van der Waals surface area contributed by atoms with Crippen LogP contribution in [0.1, 0.15) is 38.7 Å². The summed E-state index contributed by atoms with van der Waals surface area (Å²) in [6, 6.07) is 8.63. The third kappa shape index (κ3) is 2.86. The Balaban J connectivity index is 2.11. The predicted molar refractivity (Wildman–Crippen MR) is 78.8 cm³/mol. The maximum Gasteiger partial charge on any atom is 0.0498 e. The molecular formula is C16H26N2. The quantitative estimate of drug-likeness (QED) is 0.856. The maximum absolute atomic E-state index is 6.06. The lowest BCUT2D eigenvalue weighted by atomic mass is 9.71. The van der Waals surface area contributed by atoms with Gasteiger partial charge in [0.1, 0.15) is 0 Å². The largest absolute Gasteiger partial charge is 0.378 e. The van der Waals surface area contributed by atoms with Crippen molar-refractivity contribution in [3.8, 4) is 0 Å². The molecule has 3 unspecified atom stereocenters. The standard InChI is InChI=1S/C16H26N2/c1-12-4-6-15(7-5-12)18-16(11-17)9-8-13(2)14(3)10-16/h4-7,13-14,18H,8-11,17H2,1-3H3. The van der Waals surface area contributed by atoms with Gasteiger partial charge < -0.3 is 11.1 Å². The molecule has 1 aliphatic rings. The summed E-state index contributed by atoms with van der Waals surface area (Å²) in [7, 11) is 0. The zero-order chi connectivity index (χ0) is 13.2. The van der Waals surface area contributed by atoms with E-state index in [9.17, 15) is 0 Å². The smallest absolute Gasteiger partial charge is 0.0498 e. The molecule has 1 aromatic carbocycles. The van der Waals surface area contributed by atoms with E-state index in [4.69, 9.17) is 5.73 Å². The normalized spacial score (nSPS) is 32.2. The highest BCUT2D eigenvalue weighted by molar-refractivity contribution is 5.47. The minimum Gasteiger partial charge on any atom is -0.378 e. The SMILES string of the molecule is Cc1ccc(NC2(CN)CCC(C)C(C)C2)cc1. The number of anilines is 1. The van der Waals surface area contributed by atoms with E-state index in [-0.39, 0.29) is 5.54 Å². The number of benzene rings is 1. The second-order valence-corrected chi connectivity index (χ2v) is 6.17. The van der Waals surface area contributed by atoms with Crippen molar-refractivity contribution < 1.29 is 0 Å². The van der Waals surface area contributed by atoms with Gasteiger partial charge in [0.2, 0.25) is 0 Å². The van der Waals surface area contributed by atoms with Crippen molar-refractivity contribution >= 4 is 5.69 Å². The number of hydrogen-bond acceptors (Lipinski definition) is 2. The van der Waals surface area contributed by atoms with Gasteiger partial charge in [-0.25, -0.2) is 0 Å². The van der Waals surface area contributed by atoms with Gasteiger partial charge in [-0.1, -0.05) is 31.5 Å². The van der Waals surface area contributed by atoms with Crippen LogP contribution in [0.5, 0.6) is 0 Å². The van der Waals surface area contributed by atoms with Crippen LogP contribution >= 0.6 is 0 Å². The lowest BCUT2D eigenvalue weighted by Gasteiger charge is -2.43. The Labute approximate surface area is 111 Å². The third-order valence-corrected chi connectivity index (χ3v) is 4.61. The van der Waals surface area contributed by atoms with Gasteiger partial charge in [-0.3, -0.25) is 0 Å². The number of nitrogens with one attached hydrogen (secondary N) is 1. The van der Waals surface area contributed by atoms with Crippen LogP contribution in [-0.4, -0.2) is 12.1 Å². The molecule has 2 rings (SSSR count). The Morgan fingerprint density at radius 3 is 2.44 bits per heavy atom. The molecular weight excluding hydrogens is 220 g/mol. The minimum atomic E-state index is 0.0984. The molecule has 0 aliphatic heterocycles. The summed E-state index contributed by atoms with van der Waals surface area (Å²) in [6.45, 7) is 7.55. The summed E-state index contributed by atoms with van der Waals surface area (Å²) in [5.74, 6) is 1.57. The zero-order valence-corrected chi connectivity index (χ0v) is 11.9. The van der Waals surface area contributed by atoms with Crippen LogP contribution in [0, 0.1) is 18.8 Å². The number of hydrogen-bond donors (Lipinski definition) is 2. The molecule has 1 aliphatic carbocycles. The Kier molecular flexibility index (Phi) is 3.96. The van der Waals surface area contributed by atoms with Crippen LogP contribution in [0.25, 0.3) is 0 Å². The van der Waals surface area contributed by atoms with Gasteiger partial charge in [0, 0.05) is 17.8 Å². The Bertz CT molecular complexity index is 385. The highest BCUT2D eigenvalue weighted by atomic mass is 15.0. The molecule has 2 heteroatoms. The van der Waals surface area contributed by atoms with E-state index >= 15 is 0 Å². The Hall–Kier alpha value is -1.02. The maximum atomic E-state index is 6.06. The van der Waals surface area contributed by atoms with E-state index < -0.39 is 0 Å². The average Bonchev–Trinajstić information content (AvgIpc) is 2.37. The molecule has 3 N–H and O–H groups in total. The van der Waals surface area contributed by atoms with Gasteiger partial charge in [0.15, 0.2) is 0 Å². The average molecular weight is 246 g/mol. The topological polar surface area (TPSA) is 38.0 Å². The molecule has 1 fully saturated rings. The van der Waals surface area contributed by atoms with Crippen LogP contribution in [0.4, 0.5) is 5.69 Å². The van der Waals surface area contributed by atoms with Gasteiger partial charge in [0.25, 0.3) is 0 Å². The molecule has 0 bridgehead atoms. The molecule has 18 heavy (non-hydrogen) atoms. The molecule has 2 nitrogen and oxygen atoms in total. The van der Waals surface area contributed by atoms with Crippen LogP contribution in [-0.2, 0) is 0 Å². The molecule has 3 atom stereocenters. The van der Waals surface area contributed by atoms with E-state index in [1.54, 1.807) is 0 Å². The third-order valence-electron chi connectivity index (χ3n) is 4.61. The molecule has 0 spiro atoms. The summed E-state index contributed by atoms with van der Waals surface area (Å²) in [5, 5.41) is 3.70. The molecule has 1 saturated carbocycles. The number of rotatable bonds is 3. The first-order valence-corrected chi connectivity index (χ1v) is 7.09. The van der Waals surface area contributed by atoms with Crippen LogP contribution in [0.15, 0.2) is 24.3 Å². The first-order valence-electron chi connectivity index (χ1n) is 7.09. The first-order chi connectivity index (χ1) is 8.54. The van der Waals surface area contributed by atoms with Crippen LogP contribution in [0.2, 0.25) is 0 Å². The molecule has 100 valence electrons. The summed E-state index contributed by atoms with van der Waals surface area (Å²) in [5.41, 5.74) is 8.66. The summed E-state index contributed by atoms with van der Waals surface area (Å²) >= 11 is 0. The van der Waals surface area contributed by atoms with Crippen LogP contribution < -0.4 is 11.1 Å². The minimum absolute atomic E-state index is 0.0984. The highest BCUT2D eigenvalue weighted by Gasteiger charge is 2.36. The van der Waals surface area contributed by atoms with Gasteiger partial charge >= 0.3 is 0 Å². The van der Waals surface area contributed by atoms with Crippen molar-refractivity contribution in [1.29, 1.82) is 0 Å². The summed E-state index contributed by atoms with van der Waals surface area (Å²) < 4.78 is 0. The van der Waals surface area contributed by atoms with Gasteiger partial charge in [0.05, 0.1) is 0 Å². The van der Waals surface area contributed by atoms with E-state index in [0.29, 0.717) is 0 Å². The number of nitrogens with two attached hydrogens (primary N) is 1. The van der Waals surface area contributed by atoms with Crippen molar-refractivity contribution in [2.24, 2.45) is 17.6 Å². The molecule has 0 aromatic heterocycles. The van der Waals surface area contributed by atoms with Crippen molar-refractivity contribution in [1.82, 2.24) is 0 Å². The fraction of sp³-hybridized carbons (Fsp3) is 0.625. The molecule has 1 aromatic rings. The van der Waals surface area contributed by atoms with Crippen molar-refractivity contribution in [2.75, 3.05) is 11.9 Å². The van der Waals surface area contributed by atoms with Crippen molar-refractivity contribution in [3.05, 3.63) is 29.8 Å². The van der Waals surface area contributed by atoms with Gasteiger partial charge in [-0.2, -0.15) is 0 Å². The van der Waals surface area contributed by atoms with Gasteiger partial charge in [-0.05, 0) is 50.2 Å². The summed E-state index contributed by atoms with van der Waals surface area (Å²) in [4.78, 5) is 0. The monoisotopic (exact) mass is 246 g/mol. The van der Waals surface area contributed by atoms with Crippen molar-refractivity contribution in [3.63, 3.8) is 0 Å².